The Kier molecular flexibility index (Phi) is 7.85. The van der Waals surface area contributed by atoms with Gasteiger partial charge in [-0.25, -0.2) is 0 Å². The molecule has 10 aromatic rings. The van der Waals surface area contributed by atoms with E-state index in [2.05, 4.69) is 228 Å². The van der Waals surface area contributed by atoms with E-state index in [-0.39, 0.29) is 0 Å². The highest BCUT2D eigenvalue weighted by molar-refractivity contribution is 6.16. The number of pyridine rings is 1. The third kappa shape index (κ3) is 5.53. The molecule has 2 heterocycles. The molecule has 0 bridgehead atoms. The first kappa shape index (κ1) is 31.6. The molecule has 0 N–H and O–H groups in total. The van der Waals surface area contributed by atoms with Gasteiger partial charge in [-0.3, -0.25) is 0 Å². The fraction of sp³-hybridized carbons (Fsp3) is 0. The number of fused-ring (bicyclic) bond motifs is 4. The second-order valence-electron chi connectivity index (χ2n) is 13.8. The van der Waals surface area contributed by atoms with Crippen molar-refractivity contribution in [1.29, 1.82) is 0 Å². The molecule has 8 aromatic carbocycles. The molecule has 2 nitrogen and oxygen atoms in total. The molecule has 0 aliphatic rings. The maximum Gasteiger partial charge on any atom is 0.0625 e. The average molecular weight is 689 g/mol. The number of anilines is 3. The highest BCUT2D eigenvalue weighted by Crippen LogP contribution is 2.45. The van der Waals surface area contributed by atoms with Crippen LogP contribution in [0.15, 0.2) is 219 Å². The van der Waals surface area contributed by atoms with Crippen LogP contribution in [0.3, 0.4) is 0 Å². The van der Waals surface area contributed by atoms with Gasteiger partial charge in [-0.05, 0) is 92.7 Å². The first-order valence-electron chi connectivity index (χ1n) is 18.5. The molecule has 2 heteroatoms. The summed E-state index contributed by atoms with van der Waals surface area (Å²) in [6.07, 6.45) is 2.30. The fourth-order valence-corrected chi connectivity index (χ4v) is 8.07. The summed E-state index contributed by atoms with van der Waals surface area (Å²) in [7, 11) is 0. The van der Waals surface area contributed by atoms with Gasteiger partial charge in [0.25, 0.3) is 0 Å². The van der Waals surface area contributed by atoms with Crippen LogP contribution >= 0.6 is 0 Å². The Bertz CT molecular complexity index is 2840. The molecule has 0 amide bonds. The van der Waals surface area contributed by atoms with E-state index >= 15 is 0 Å². The topological polar surface area (TPSA) is 7.65 Å². The number of benzene rings is 8. The zero-order valence-corrected chi connectivity index (χ0v) is 29.7. The maximum absolute atomic E-state index is 2.40. The number of rotatable bonds is 7. The third-order valence-corrected chi connectivity index (χ3v) is 10.5. The standard InChI is InChI=1S/C52H36N2/c1-5-17-37(18-6-1)42-33-43(38-19-7-2-8-20-38)35-46(34-42)54(44-24-11-4-12-25-44)45-31-29-40(30-32-45)50-47-26-14-13-23-41(47)36-53-49-28-16-15-27-48(49)51(52(50)53)39-21-9-3-10-22-39/h1-36H. The molecule has 10 rings (SSSR count). The molecule has 0 radical (unpaired) electrons. The number of hydrogen-bond donors (Lipinski definition) is 0. The summed E-state index contributed by atoms with van der Waals surface area (Å²) < 4.78 is 2.40. The molecule has 0 saturated heterocycles. The van der Waals surface area contributed by atoms with Crippen molar-refractivity contribution < 1.29 is 0 Å². The van der Waals surface area contributed by atoms with Gasteiger partial charge in [-0.2, -0.15) is 0 Å². The predicted molar refractivity (Wildman–Crippen MR) is 229 cm³/mol. The van der Waals surface area contributed by atoms with Crippen molar-refractivity contribution in [3.63, 3.8) is 0 Å². The third-order valence-electron chi connectivity index (χ3n) is 10.5. The molecule has 2 aromatic heterocycles. The Morgan fingerprint density at radius 2 is 0.778 bits per heavy atom. The van der Waals surface area contributed by atoms with E-state index in [9.17, 15) is 0 Å². The molecule has 0 spiro atoms. The highest BCUT2D eigenvalue weighted by Gasteiger charge is 2.21. The Labute approximate surface area is 315 Å². The smallest absolute Gasteiger partial charge is 0.0625 e. The minimum absolute atomic E-state index is 1.09. The SMILES string of the molecule is c1ccc(-c2cc(-c3ccccc3)cc(N(c3ccccc3)c3ccc(-c4c5ccccc5cn5c4c(-c4ccccc4)c4ccccc45)cc3)c2)cc1. The summed E-state index contributed by atoms with van der Waals surface area (Å²) >= 11 is 0. The Morgan fingerprint density at radius 3 is 1.41 bits per heavy atom. The normalized spacial score (nSPS) is 11.3. The van der Waals surface area contributed by atoms with E-state index in [0.717, 1.165) is 17.1 Å². The number of hydrogen-bond acceptors (Lipinski definition) is 1. The van der Waals surface area contributed by atoms with Gasteiger partial charge in [0.2, 0.25) is 0 Å². The van der Waals surface area contributed by atoms with Crippen LogP contribution in [0.1, 0.15) is 0 Å². The van der Waals surface area contributed by atoms with E-state index in [0.29, 0.717) is 0 Å². The summed E-state index contributed by atoms with van der Waals surface area (Å²) in [5.74, 6) is 0. The van der Waals surface area contributed by atoms with Gasteiger partial charge in [-0.1, -0.05) is 164 Å². The van der Waals surface area contributed by atoms with Crippen molar-refractivity contribution in [2.24, 2.45) is 0 Å². The van der Waals surface area contributed by atoms with Crippen LogP contribution < -0.4 is 4.90 Å². The molecule has 54 heavy (non-hydrogen) atoms. The van der Waals surface area contributed by atoms with Gasteiger partial charge < -0.3 is 9.30 Å². The largest absolute Gasteiger partial charge is 0.315 e. The Balaban J connectivity index is 1.19. The fourth-order valence-electron chi connectivity index (χ4n) is 8.07. The van der Waals surface area contributed by atoms with Gasteiger partial charge in [0, 0.05) is 39.8 Å². The van der Waals surface area contributed by atoms with Crippen LogP contribution in [0, 0.1) is 0 Å². The van der Waals surface area contributed by atoms with E-state index in [1.54, 1.807) is 0 Å². The van der Waals surface area contributed by atoms with Gasteiger partial charge >= 0.3 is 0 Å². The number of aromatic nitrogens is 1. The Morgan fingerprint density at radius 1 is 0.315 bits per heavy atom. The first-order valence-corrected chi connectivity index (χ1v) is 18.5. The number of nitrogens with zero attached hydrogens (tertiary/aromatic N) is 2. The quantitative estimate of drug-likeness (QED) is 0.162. The van der Waals surface area contributed by atoms with E-state index < -0.39 is 0 Å². The Hall–Kier alpha value is -7.16. The van der Waals surface area contributed by atoms with Crippen LogP contribution in [0.5, 0.6) is 0 Å². The molecular formula is C52H36N2. The van der Waals surface area contributed by atoms with Gasteiger partial charge in [0.15, 0.2) is 0 Å². The lowest BCUT2D eigenvalue weighted by Gasteiger charge is -2.27. The van der Waals surface area contributed by atoms with Crippen molar-refractivity contribution in [1.82, 2.24) is 4.40 Å². The van der Waals surface area contributed by atoms with Crippen molar-refractivity contribution in [2.75, 3.05) is 4.90 Å². The molecule has 0 fully saturated rings. The highest BCUT2D eigenvalue weighted by atomic mass is 15.1. The van der Waals surface area contributed by atoms with Crippen LogP contribution in [0.4, 0.5) is 17.1 Å². The van der Waals surface area contributed by atoms with E-state index in [4.69, 9.17) is 0 Å². The zero-order valence-electron chi connectivity index (χ0n) is 29.7. The average Bonchev–Trinajstić information content (AvgIpc) is 3.58. The molecule has 0 aliphatic carbocycles. The van der Waals surface area contributed by atoms with Crippen molar-refractivity contribution in [3.05, 3.63) is 219 Å². The second kappa shape index (κ2) is 13.4. The van der Waals surface area contributed by atoms with Crippen molar-refractivity contribution >= 4 is 44.3 Å². The minimum Gasteiger partial charge on any atom is -0.315 e. The summed E-state index contributed by atoms with van der Waals surface area (Å²) in [5, 5.41) is 3.70. The lowest BCUT2D eigenvalue weighted by atomic mass is 9.94. The van der Waals surface area contributed by atoms with E-state index in [1.807, 2.05) is 0 Å². The zero-order chi connectivity index (χ0) is 35.8. The monoisotopic (exact) mass is 688 g/mol. The van der Waals surface area contributed by atoms with E-state index in [1.165, 1.54) is 71.7 Å². The first-order chi connectivity index (χ1) is 26.8. The summed E-state index contributed by atoms with van der Waals surface area (Å²) in [6, 6.07) is 76.5. The lowest BCUT2D eigenvalue weighted by Crippen LogP contribution is -2.10. The summed E-state index contributed by atoms with van der Waals surface area (Å²) in [5.41, 5.74) is 15.3. The van der Waals surface area contributed by atoms with Crippen molar-refractivity contribution in [3.8, 4) is 44.5 Å². The molecule has 0 unspecified atom stereocenters. The van der Waals surface area contributed by atoms with Crippen LogP contribution in [-0.2, 0) is 0 Å². The summed E-state index contributed by atoms with van der Waals surface area (Å²) in [4.78, 5) is 2.38. The molecule has 0 aliphatic heterocycles. The van der Waals surface area contributed by atoms with Crippen LogP contribution in [0.25, 0.3) is 71.7 Å². The van der Waals surface area contributed by atoms with Gasteiger partial charge in [0.1, 0.15) is 0 Å². The van der Waals surface area contributed by atoms with Gasteiger partial charge in [0.05, 0.1) is 11.0 Å². The van der Waals surface area contributed by atoms with Crippen molar-refractivity contribution in [2.45, 2.75) is 0 Å². The lowest BCUT2D eigenvalue weighted by molar-refractivity contribution is 1.27. The summed E-state index contributed by atoms with van der Waals surface area (Å²) in [6.45, 7) is 0. The molecule has 254 valence electrons. The minimum atomic E-state index is 1.09. The maximum atomic E-state index is 2.40. The van der Waals surface area contributed by atoms with Crippen LogP contribution in [0.2, 0.25) is 0 Å². The predicted octanol–water partition coefficient (Wildman–Crippen LogP) is 14.4. The van der Waals surface area contributed by atoms with Crippen LogP contribution in [-0.4, -0.2) is 4.40 Å². The molecular weight excluding hydrogens is 653 g/mol. The molecule has 0 saturated carbocycles. The molecule has 0 atom stereocenters. The van der Waals surface area contributed by atoms with Gasteiger partial charge in [-0.15, -0.1) is 0 Å². The second-order valence-corrected chi connectivity index (χ2v) is 13.8. The number of para-hydroxylation sites is 2.